The van der Waals surface area contributed by atoms with Gasteiger partial charge in [-0.15, -0.1) is 0 Å². The zero-order chi connectivity index (χ0) is 21.7. The fourth-order valence-corrected chi connectivity index (χ4v) is 3.42. The maximum atomic E-state index is 12.9. The molecule has 2 aromatic rings. The number of nitrogens with one attached hydrogen (secondary N) is 1. The van der Waals surface area contributed by atoms with Gasteiger partial charge in [-0.3, -0.25) is 0 Å². The van der Waals surface area contributed by atoms with Crippen molar-refractivity contribution in [2.75, 3.05) is 12.4 Å². The first kappa shape index (κ1) is 21.7. The van der Waals surface area contributed by atoms with Crippen molar-refractivity contribution in [3.8, 4) is 0 Å². The Balaban J connectivity index is 1.75. The Hall–Kier alpha value is -3.04. The maximum Gasteiger partial charge on any atom is 0.416 e. The number of rotatable bonds is 5. The minimum Gasteiger partial charge on any atom is -0.464 e. The number of carbonyl (C=O) groups is 2. The molecule has 1 saturated carbocycles. The monoisotopic (exact) mass is 425 g/mol. The van der Waals surface area contributed by atoms with Crippen LogP contribution in [0.4, 0.5) is 23.7 Å². The summed E-state index contributed by atoms with van der Waals surface area (Å²) in [5.41, 5.74) is -0.546. The van der Waals surface area contributed by atoms with E-state index in [9.17, 15) is 22.8 Å². The third-order valence-electron chi connectivity index (χ3n) is 4.99. The van der Waals surface area contributed by atoms with Crippen molar-refractivity contribution in [2.24, 2.45) is 0 Å². The van der Waals surface area contributed by atoms with Gasteiger partial charge in [0, 0.05) is 11.7 Å². The molecule has 0 spiro atoms. The molecule has 1 aromatic heterocycles. The first-order valence-corrected chi connectivity index (χ1v) is 9.55. The highest BCUT2D eigenvalue weighted by molar-refractivity contribution is 5.89. The second-order valence-electron chi connectivity index (χ2n) is 7.04. The summed E-state index contributed by atoms with van der Waals surface area (Å²) in [6.45, 7) is 0.0220. The van der Waals surface area contributed by atoms with Crippen LogP contribution in [0.15, 0.2) is 34.9 Å². The quantitative estimate of drug-likeness (QED) is 0.693. The third kappa shape index (κ3) is 5.31. The summed E-state index contributed by atoms with van der Waals surface area (Å²) in [6.07, 6.45) is 1.32. The summed E-state index contributed by atoms with van der Waals surface area (Å²) in [5.74, 6) is -0.480. The van der Waals surface area contributed by atoms with Crippen molar-refractivity contribution in [1.29, 1.82) is 0 Å². The highest BCUT2D eigenvalue weighted by Gasteiger charge is 2.31. The molecule has 0 bridgehead atoms. The van der Waals surface area contributed by atoms with E-state index in [1.54, 1.807) is 4.90 Å². The molecule has 10 heteroatoms. The summed E-state index contributed by atoms with van der Waals surface area (Å²) in [4.78, 5) is 30.1. The van der Waals surface area contributed by atoms with Crippen molar-refractivity contribution in [2.45, 2.75) is 50.9 Å². The van der Waals surface area contributed by atoms with Crippen LogP contribution in [0.5, 0.6) is 0 Å². The standard InChI is InChI=1S/C20H22F3N3O4/c1-29-18(27)16-12-30-17(25-16)11-26(15-5-3-2-4-6-15)19(28)24-14-9-7-13(8-10-14)20(21,22)23/h7-10,12,15H,2-6,11H2,1H3,(H,24,28). The van der Waals surface area contributed by atoms with Crippen LogP contribution in [-0.4, -0.2) is 35.0 Å². The molecule has 0 unspecified atom stereocenters. The van der Waals surface area contributed by atoms with Gasteiger partial charge in [-0.1, -0.05) is 19.3 Å². The van der Waals surface area contributed by atoms with Crippen LogP contribution in [0, 0.1) is 0 Å². The van der Waals surface area contributed by atoms with Crippen LogP contribution in [0.2, 0.25) is 0 Å². The molecule has 7 nitrogen and oxygen atoms in total. The van der Waals surface area contributed by atoms with Crippen LogP contribution in [-0.2, 0) is 17.5 Å². The van der Waals surface area contributed by atoms with Crippen LogP contribution < -0.4 is 5.32 Å². The summed E-state index contributed by atoms with van der Waals surface area (Å²) < 4.78 is 48.1. The lowest BCUT2D eigenvalue weighted by atomic mass is 9.94. The normalized spacial score (nSPS) is 14.9. The number of nitrogens with zero attached hydrogens (tertiary/aromatic N) is 2. The molecule has 30 heavy (non-hydrogen) atoms. The van der Waals surface area contributed by atoms with E-state index >= 15 is 0 Å². The van der Waals surface area contributed by atoms with Crippen molar-refractivity contribution >= 4 is 17.7 Å². The Morgan fingerprint density at radius 1 is 1.20 bits per heavy atom. The van der Waals surface area contributed by atoms with E-state index in [1.165, 1.54) is 19.2 Å². The van der Waals surface area contributed by atoms with Crippen molar-refractivity contribution in [1.82, 2.24) is 9.88 Å². The van der Waals surface area contributed by atoms with Crippen molar-refractivity contribution < 1.29 is 31.9 Å². The second kappa shape index (κ2) is 9.19. The first-order valence-electron chi connectivity index (χ1n) is 9.55. The molecule has 3 rings (SSSR count). The number of benzene rings is 1. The summed E-state index contributed by atoms with van der Waals surface area (Å²) in [6, 6.07) is 3.70. The van der Waals surface area contributed by atoms with Gasteiger partial charge in [0.25, 0.3) is 0 Å². The van der Waals surface area contributed by atoms with Gasteiger partial charge in [-0.05, 0) is 37.1 Å². The molecule has 0 aliphatic heterocycles. The van der Waals surface area contributed by atoms with Crippen molar-refractivity contribution in [3.63, 3.8) is 0 Å². The Morgan fingerprint density at radius 2 is 1.87 bits per heavy atom. The zero-order valence-electron chi connectivity index (χ0n) is 16.4. The number of halogens is 3. The van der Waals surface area contributed by atoms with Crippen LogP contribution >= 0.6 is 0 Å². The number of carbonyl (C=O) groups excluding carboxylic acids is 2. The summed E-state index contributed by atoms with van der Waals surface area (Å²) in [5, 5.41) is 2.64. The fourth-order valence-electron chi connectivity index (χ4n) is 3.42. The number of alkyl halides is 3. The highest BCUT2D eigenvalue weighted by atomic mass is 19.4. The topological polar surface area (TPSA) is 84.7 Å². The SMILES string of the molecule is COC(=O)c1coc(CN(C(=O)Nc2ccc(C(F)(F)F)cc2)C2CCCCC2)n1. The van der Waals surface area contributed by atoms with Gasteiger partial charge in [0.1, 0.15) is 6.26 Å². The molecule has 0 saturated heterocycles. The number of oxazole rings is 1. The highest BCUT2D eigenvalue weighted by Crippen LogP contribution is 2.30. The maximum absolute atomic E-state index is 12.9. The molecule has 162 valence electrons. The minimum absolute atomic E-state index is 0.000702. The molecule has 0 atom stereocenters. The number of hydrogen-bond donors (Lipinski definition) is 1. The second-order valence-corrected chi connectivity index (χ2v) is 7.04. The Morgan fingerprint density at radius 3 is 2.47 bits per heavy atom. The fraction of sp³-hybridized carbons (Fsp3) is 0.450. The van der Waals surface area contributed by atoms with E-state index in [1.807, 2.05) is 0 Å². The average molecular weight is 425 g/mol. The number of urea groups is 1. The molecular formula is C20H22F3N3O4. The van der Waals surface area contributed by atoms with E-state index in [0.29, 0.717) is 0 Å². The molecule has 1 aliphatic rings. The van der Waals surface area contributed by atoms with Gasteiger partial charge in [0.15, 0.2) is 5.69 Å². The third-order valence-corrected chi connectivity index (χ3v) is 4.99. The largest absolute Gasteiger partial charge is 0.464 e. The van der Waals surface area contributed by atoms with Crippen LogP contribution in [0.3, 0.4) is 0 Å². The van der Waals surface area contributed by atoms with Gasteiger partial charge in [-0.25, -0.2) is 14.6 Å². The number of aromatic nitrogens is 1. The minimum atomic E-state index is -4.45. The number of anilines is 1. The number of esters is 1. The van der Waals surface area contributed by atoms with Gasteiger partial charge < -0.3 is 19.4 Å². The molecule has 0 radical (unpaired) electrons. The smallest absolute Gasteiger partial charge is 0.416 e. The van der Waals surface area contributed by atoms with Crippen LogP contribution in [0.25, 0.3) is 0 Å². The summed E-state index contributed by atoms with van der Waals surface area (Å²) in [7, 11) is 1.22. The molecule has 2 amide bonds. The molecule has 1 aromatic carbocycles. The van der Waals surface area contributed by atoms with Gasteiger partial charge >= 0.3 is 18.2 Å². The number of ether oxygens (including phenoxy) is 1. The molecule has 1 aliphatic carbocycles. The predicted octanol–water partition coefficient (Wildman–Crippen LogP) is 4.85. The molecule has 1 fully saturated rings. The zero-order valence-corrected chi connectivity index (χ0v) is 16.4. The van der Waals surface area contributed by atoms with E-state index in [0.717, 1.165) is 50.5 Å². The predicted molar refractivity (Wildman–Crippen MR) is 101 cm³/mol. The van der Waals surface area contributed by atoms with Crippen LogP contribution in [0.1, 0.15) is 54.0 Å². The molecular weight excluding hydrogens is 403 g/mol. The Labute approximate surface area is 171 Å². The van der Waals surface area contributed by atoms with Gasteiger partial charge in [0.2, 0.25) is 5.89 Å². The van der Waals surface area contributed by atoms with Gasteiger partial charge in [-0.2, -0.15) is 13.2 Å². The first-order chi connectivity index (χ1) is 14.3. The van der Waals surface area contributed by atoms with Gasteiger partial charge in [0.05, 0.1) is 19.2 Å². The van der Waals surface area contributed by atoms with E-state index in [-0.39, 0.29) is 29.9 Å². The summed E-state index contributed by atoms with van der Waals surface area (Å²) >= 11 is 0. The lowest BCUT2D eigenvalue weighted by Gasteiger charge is -2.33. The van der Waals surface area contributed by atoms with Crippen molar-refractivity contribution in [3.05, 3.63) is 47.7 Å². The van der Waals surface area contributed by atoms with E-state index in [2.05, 4.69) is 15.0 Å². The molecule has 1 N–H and O–H groups in total. The average Bonchev–Trinajstić information content (AvgIpc) is 3.20. The van der Waals surface area contributed by atoms with E-state index < -0.39 is 23.7 Å². The number of amides is 2. The number of methoxy groups -OCH3 is 1. The Kier molecular flexibility index (Phi) is 6.63. The number of hydrogen-bond acceptors (Lipinski definition) is 5. The Bertz CT molecular complexity index is 874. The van der Waals surface area contributed by atoms with E-state index in [4.69, 9.17) is 4.42 Å². The lowest BCUT2D eigenvalue weighted by molar-refractivity contribution is -0.137. The lowest BCUT2D eigenvalue weighted by Crippen LogP contribution is -2.43. The molecule has 1 heterocycles.